The average molecular weight is 384 g/mol. The standard InChI is InChI=1S/C23H37N5/c1-2-24-23(25-14-9-17-27-15-5-3-4-6-16-27)26-20-21-10-12-22(13-11-21)28-18-7-8-19-28/h7-8,10-13H,2-6,9,14-20H2,1H3,(H2,24,25,26). The highest BCUT2D eigenvalue weighted by Crippen LogP contribution is 2.18. The summed E-state index contributed by atoms with van der Waals surface area (Å²) in [5.74, 6) is 0.922. The van der Waals surface area contributed by atoms with Gasteiger partial charge < -0.3 is 20.4 Å². The first-order valence-electron chi connectivity index (χ1n) is 11.1. The summed E-state index contributed by atoms with van der Waals surface area (Å²) in [4.78, 5) is 9.75. The van der Waals surface area contributed by atoms with E-state index in [9.17, 15) is 0 Å². The summed E-state index contributed by atoms with van der Waals surface area (Å²) >= 11 is 0. The molecule has 5 nitrogen and oxygen atoms in total. The van der Waals surface area contributed by atoms with Crippen LogP contribution in [0.4, 0.5) is 5.69 Å². The maximum atomic E-state index is 4.77. The van der Waals surface area contributed by atoms with E-state index in [-0.39, 0.29) is 0 Å². The smallest absolute Gasteiger partial charge is 0.191 e. The Morgan fingerprint density at radius 3 is 2.36 bits per heavy atom. The van der Waals surface area contributed by atoms with Crippen LogP contribution in [0.1, 0.15) is 44.6 Å². The molecule has 0 amide bonds. The maximum absolute atomic E-state index is 4.77. The van der Waals surface area contributed by atoms with Crippen molar-refractivity contribution >= 4 is 11.6 Å². The van der Waals surface area contributed by atoms with Crippen LogP contribution in [0.3, 0.4) is 0 Å². The van der Waals surface area contributed by atoms with Gasteiger partial charge in [0.2, 0.25) is 0 Å². The van der Waals surface area contributed by atoms with Crippen molar-refractivity contribution in [2.75, 3.05) is 50.7 Å². The van der Waals surface area contributed by atoms with Gasteiger partial charge in [0.25, 0.3) is 0 Å². The third-order valence-corrected chi connectivity index (χ3v) is 5.53. The summed E-state index contributed by atoms with van der Waals surface area (Å²) in [6, 6.07) is 8.80. The number of nitrogens with one attached hydrogen (secondary N) is 2. The summed E-state index contributed by atoms with van der Waals surface area (Å²) in [6.07, 6.45) is 11.2. The van der Waals surface area contributed by atoms with Crippen LogP contribution in [-0.4, -0.2) is 56.7 Å². The minimum absolute atomic E-state index is 0.708. The Hall–Kier alpha value is -2.01. The number of guanidine groups is 1. The van der Waals surface area contributed by atoms with E-state index in [1.54, 1.807) is 0 Å². The fraction of sp³-hybridized carbons (Fsp3) is 0.609. The quantitative estimate of drug-likeness (QED) is 0.313. The first-order valence-corrected chi connectivity index (χ1v) is 11.1. The lowest BCUT2D eigenvalue weighted by atomic mass is 10.2. The van der Waals surface area contributed by atoms with Gasteiger partial charge in [0.05, 0.1) is 6.54 Å². The van der Waals surface area contributed by atoms with E-state index in [1.165, 1.54) is 63.0 Å². The summed E-state index contributed by atoms with van der Waals surface area (Å²) in [5.41, 5.74) is 2.54. The zero-order valence-electron chi connectivity index (χ0n) is 17.5. The number of benzene rings is 1. The van der Waals surface area contributed by atoms with Gasteiger partial charge in [0, 0.05) is 31.9 Å². The second-order valence-electron chi connectivity index (χ2n) is 7.77. The highest BCUT2D eigenvalue weighted by Gasteiger charge is 2.09. The predicted octanol–water partition coefficient (Wildman–Crippen LogP) is 3.38. The molecule has 1 aromatic rings. The van der Waals surface area contributed by atoms with Crippen LogP contribution in [0.15, 0.2) is 41.4 Å². The predicted molar refractivity (Wildman–Crippen MR) is 120 cm³/mol. The SMILES string of the molecule is CCNC(=NCc1ccc(N2CC=CC2)cc1)NCCCN1CCCCCC1. The molecule has 1 saturated heterocycles. The minimum Gasteiger partial charge on any atom is -0.364 e. The van der Waals surface area contributed by atoms with E-state index in [0.29, 0.717) is 6.54 Å². The van der Waals surface area contributed by atoms with E-state index in [1.807, 2.05) is 0 Å². The van der Waals surface area contributed by atoms with Crippen LogP contribution in [0.5, 0.6) is 0 Å². The van der Waals surface area contributed by atoms with Crippen molar-refractivity contribution < 1.29 is 0 Å². The molecule has 1 aromatic carbocycles. The molecular weight excluding hydrogens is 346 g/mol. The highest BCUT2D eigenvalue weighted by atomic mass is 15.2. The molecule has 2 aliphatic rings. The van der Waals surface area contributed by atoms with Crippen LogP contribution < -0.4 is 15.5 Å². The topological polar surface area (TPSA) is 42.9 Å². The fourth-order valence-corrected chi connectivity index (χ4v) is 3.88. The van der Waals surface area contributed by atoms with Gasteiger partial charge in [-0.15, -0.1) is 0 Å². The van der Waals surface area contributed by atoms with Crippen LogP contribution in [0, 0.1) is 0 Å². The molecule has 0 radical (unpaired) electrons. The maximum Gasteiger partial charge on any atom is 0.191 e. The molecule has 3 rings (SSSR count). The molecule has 5 heteroatoms. The summed E-state index contributed by atoms with van der Waals surface area (Å²) in [5, 5.41) is 6.86. The van der Waals surface area contributed by atoms with Crippen molar-refractivity contribution in [3.63, 3.8) is 0 Å². The zero-order chi connectivity index (χ0) is 19.4. The third-order valence-electron chi connectivity index (χ3n) is 5.53. The number of hydrogen-bond donors (Lipinski definition) is 2. The Labute approximate surface area is 170 Å². The molecule has 28 heavy (non-hydrogen) atoms. The number of nitrogens with zero attached hydrogens (tertiary/aromatic N) is 3. The summed E-state index contributed by atoms with van der Waals surface area (Å²) in [7, 11) is 0. The van der Waals surface area contributed by atoms with Crippen molar-refractivity contribution in [2.45, 2.75) is 45.6 Å². The van der Waals surface area contributed by atoms with Gasteiger partial charge in [0.15, 0.2) is 5.96 Å². The Morgan fingerprint density at radius 1 is 0.964 bits per heavy atom. The Kier molecular flexibility index (Phi) is 8.69. The molecule has 0 spiro atoms. The second kappa shape index (κ2) is 11.7. The molecule has 0 saturated carbocycles. The summed E-state index contributed by atoms with van der Waals surface area (Å²) < 4.78 is 0. The third kappa shape index (κ3) is 6.86. The normalized spacial score (nSPS) is 18.3. The Morgan fingerprint density at radius 2 is 1.68 bits per heavy atom. The van der Waals surface area contributed by atoms with Crippen molar-refractivity contribution in [3.05, 3.63) is 42.0 Å². The number of likely N-dealkylation sites (tertiary alicyclic amines) is 1. The monoisotopic (exact) mass is 383 g/mol. The summed E-state index contributed by atoms with van der Waals surface area (Å²) in [6.45, 7) is 10.5. The van der Waals surface area contributed by atoms with Gasteiger partial charge in [-0.25, -0.2) is 4.99 Å². The van der Waals surface area contributed by atoms with Crippen molar-refractivity contribution in [2.24, 2.45) is 4.99 Å². The molecule has 0 bridgehead atoms. The van der Waals surface area contributed by atoms with Crippen molar-refractivity contribution in [1.29, 1.82) is 0 Å². The minimum atomic E-state index is 0.708. The van der Waals surface area contributed by atoms with E-state index < -0.39 is 0 Å². The molecule has 0 aromatic heterocycles. The number of rotatable bonds is 8. The van der Waals surface area contributed by atoms with Crippen LogP contribution in [0.2, 0.25) is 0 Å². The largest absolute Gasteiger partial charge is 0.364 e. The first kappa shape index (κ1) is 20.7. The van der Waals surface area contributed by atoms with E-state index >= 15 is 0 Å². The fourth-order valence-electron chi connectivity index (χ4n) is 3.88. The lowest BCUT2D eigenvalue weighted by molar-refractivity contribution is 0.282. The number of anilines is 1. The average Bonchev–Trinajstić information content (AvgIpc) is 3.14. The molecule has 0 atom stereocenters. The molecule has 1 fully saturated rings. The Bertz CT molecular complexity index is 606. The van der Waals surface area contributed by atoms with Gasteiger partial charge >= 0.3 is 0 Å². The van der Waals surface area contributed by atoms with Crippen LogP contribution in [0.25, 0.3) is 0 Å². The van der Waals surface area contributed by atoms with E-state index in [0.717, 1.165) is 32.1 Å². The number of hydrogen-bond acceptors (Lipinski definition) is 3. The highest BCUT2D eigenvalue weighted by molar-refractivity contribution is 5.79. The molecule has 0 unspecified atom stereocenters. The first-order chi connectivity index (χ1) is 13.8. The molecule has 2 aliphatic heterocycles. The van der Waals surface area contributed by atoms with Crippen LogP contribution in [-0.2, 0) is 6.54 Å². The van der Waals surface area contributed by atoms with Gasteiger partial charge in [-0.2, -0.15) is 0 Å². The molecule has 2 heterocycles. The number of aliphatic imine (C=N–C) groups is 1. The van der Waals surface area contributed by atoms with E-state index in [4.69, 9.17) is 4.99 Å². The second-order valence-corrected chi connectivity index (χ2v) is 7.77. The van der Waals surface area contributed by atoms with Gasteiger partial charge in [-0.05, 0) is 63.5 Å². The molecule has 0 aliphatic carbocycles. The lowest BCUT2D eigenvalue weighted by Gasteiger charge is -2.20. The van der Waals surface area contributed by atoms with Crippen LogP contribution >= 0.6 is 0 Å². The molecule has 154 valence electrons. The zero-order valence-corrected chi connectivity index (χ0v) is 17.5. The van der Waals surface area contributed by atoms with Gasteiger partial charge in [0.1, 0.15) is 0 Å². The molecular formula is C23H37N5. The Balaban J connectivity index is 1.41. The van der Waals surface area contributed by atoms with E-state index in [2.05, 4.69) is 63.8 Å². The van der Waals surface area contributed by atoms with Crippen molar-refractivity contribution in [3.8, 4) is 0 Å². The van der Waals surface area contributed by atoms with Crippen molar-refractivity contribution in [1.82, 2.24) is 15.5 Å². The van der Waals surface area contributed by atoms with Gasteiger partial charge in [-0.3, -0.25) is 0 Å². The lowest BCUT2D eigenvalue weighted by Crippen LogP contribution is -2.39. The molecule has 2 N–H and O–H groups in total. The van der Waals surface area contributed by atoms with Gasteiger partial charge in [-0.1, -0.05) is 37.1 Å².